The van der Waals surface area contributed by atoms with Crippen molar-refractivity contribution in [1.29, 1.82) is 0 Å². The number of ketones is 4. The Morgan fingerprint density at radius 2 is 1.62 bits per heavy atom. The highest BCUT2D eigenvalue weighted by atomic mass is 19.4. The van der Waals surface area contributed by atoms with E-state index in [1.807, 2.05) is 0 Å². The highest BCUT2D eigenvalue weighted by molar-refractivity contribution is 6.31. The summed E-state index contributed by atoms with van der Waals surface area (Å²) in [6, 6.07) is 6.89. The fourth-order valence-electron chi connectivity index (χ4n) is 6.08. The zero-order chi connectivity index (χ0) is 27.0. The maximum absolute atomic E-state index is 13.5. The van der Waals surface area contributed by atoms with Crippen LogP contribution in [-0.2, 0) is 31.8 Å². The number of benzene rings is 2. The molecule has 0 aliphatic heterocycles. The van der Waals surface area contributed by atoms with E-state index in [0.29, 0.717) is 16.7 Å². The molecule has 0 heterocycles. The summed E-state index contributed by atoms with van der Waals surface area (Å²) in [5, 5.41) is 21.7. The Hall–Kier alpha value is -3.86. The first kappa shape index (κ1) is 24.8. The number of Topliss-reactive ketones (excluding diaryl/α,β-unsaturated/α-hetero) is 4. The minimum absolute atomic E-state index is 0.0243. The summed E-state index contributed by atoms with van der Waals surface area (Å²) in [4.78, 5) is 64.1. The van der Waals surface area contributed by atoms with Crippen LogP contribution < -0.4 is 5.73 Å². The minimum Gasteiger partial charge on any atom is -0.507 e. The highest BCUT2D eigenvalue weighted by Gasteiger charge is 2.66. The molecule has 3 aliphatic carbocycles. The van der Waals surface area contributed by atoms with E-state index in [1.54, 1.807) is 0 Å². The lowest BCUT2D eigenvalue weighted by Gasteiger charge is -2.48. The van der Waals surface area contributed by atoms with Gasteiger partial charge in [-0.15, -0.1) is 0 Å². The quantitative estimate of drug-likeness (QED) is 0.518. The monoisotopic (exact) mass is 515 g/mol. The van der Waals surface area contributed by atoms with Gasteiger partial charge in [-0.05, 0) is 53.6 Å². The van der Waals surface area contributed by atoms with Gasteiger partial charge in [0.15, 0.2) is 34.7 Å². The molecular weight excluding hydrogens is 495 g/mol. The number of primary amides is 1. The lowest BCUT2D eigenvalue weighted by molar-refractivity contribution is -0.175. The van der Waals surface area contributed by atoms with Crippen molar-refractivity contribution in [3.8, 4) is 16.9 Å². The number of fused-ring (bicyclic) bond motifs is 3. The Bertz CT molecular complexity index is 1400. The molecule has 8 nitrogen and oxygen atoms in total. The van der Waals surface area contributed by atoms with Gasteiger partial charge in [-0.2, -0.15) is 13.2 Å². The van der Waals surface area contributed by atoms with Crippen LogP contribution in [0.25, 0.3) is 11.1 Å². The first-order chi connectivity index (χ1) is 17.3. The van der Waals surface area contributed by atoms with Crippen LogP contribution in [0, 0.1) is 23.7 Å². The lowest BCUT2D eigenvalue weighted by Crippen LogP contribution is -2.68. The molecule has 0 saturated heterocycles. The number of aliphatic hydroxyl groups is 1. The molecule has 0 spiro atoms. The fraction of sp³-hybridized carbons (Fsp3) is 0.346. The first-order valence-electron chi connectivity index (χ1n) is 11.5. The summed E-state index contributed by atoms with van der Waals surface area (Å²) >= 11 is 0. The molecule has 192 valence electrons. The number of hydrogen-bond donors (Lipinski definition) is 3. The maximum Gasteiger partial charge on any atom is 0.416 e. The van der Waals surface area contributed by atoms with E-state index in [-0.39, 0.29) is 18.4 Å². The van der Waals surface area contributed by atoms with Crippen LogP contribution in [0.4, 0.5) is 13.2 Å². The number of hydrogen-bond acceptors (Lipinski definition) is 7. The Morgan fingerprint density at radius 3 is 2.22 bits per heavy atom. The third-order valence-electron chi connectivity index (χ3n) is 7.81. The van der Waals surface area contributed by atoms with Crippen molar-refractivity contribution in [2.24, 2.45) is 29.4 Å². The predicted molar refractivity (Wildman–Crippen MR) is 119 cm³/mol. The molecule has 11 heteroatoms. The van der Waals surface area contributed by atoms with E-state index >= 15 is 0 Å². The van der Waals surface area contributed by atoms with Gasteiger partial charge in [-0.3, -0.25) is 24.0 Å². The summed E-state index contributed by atoms with van der Waals surface area (Å²) < 4.78 is 39.0. The van der Waals surface area contributed by atoms with Crippen LogP contribution in [-0.4, -0.2) is 44.9 Å². The number of amides is 1. The third-order valence-corrected chi connectivity index (χ3v) is 7.81. The predicted octanol–water partition coefficient (Wildman–Crippen LogP) is 2.01. The molecule has 5 rings (SSSR count). The van der Waals surface area contributed by atoms with Gasteiger partial charge in [0.05, 0.1) is 17.0 Å². The Balaban J connectivity index is 1.58. The SMILES string of the molecule is NC(=O)C1C(=O)C[C@@H]2C[C@@H]3Cc4c(-c5ccc(C(F)(F)F)cc5)ccc(O)c4C(=O)C3C(=O)[C@]2(O)C1=O. The normalized spacial score (nSPS) is 29.4. The molecule has 3 aliphatic rings. The highest BCUT2D eigenvalue weighted by Crippen LogP contribution is 2.51. The van der Waals surface area contributed by atoms with Crippen LogP contribution in [0.15, 0.2) is 36.4 Å². The van der Waals surface area contributed by atoms with Crippen molar-refractivity contribution in [3.63, 3.8) is 0 Å². The number of phenolic OH excluding ortho intramolecular Hbond substituents is 1. The fourth-order valence-corrected chi connectivity index (χ4v) is 6.08. The molecule has 2 aromatic rings. The van der Waals surface area contributed by atoms with E-state index in [2.05, 4.69) is 0 Å². The van der Waals surface area contributed by atoms with Crippen LogP contribution in [0.3, 0.4) is 0 Å². The second-order valence-corrected chi connectivity index (χ2v) is 9.80. The molecule has 2 aromatic carbocycles. The third kappa shape index (κ3) is 3.51. The largest absolute Gasteiger partial charge is 0.507 e. The Kier molecular flexibility index (Phi) is 5.41. The van der Waals surface area contributed by atoms with Crippen molar-refractivity contribution >= 4 is 29.0 Å². The van der Waals surface area contributed by atoms with Gasteiger partial charge >= 0.3 is 6.18 Å². The van der Waals surface area contributed by atoms with Gasteiger partial charge in [0.25, 0.3) is 0 Å². The number of aromatic hydroxyl groups is 1. The zero-order valence-electron chi connectivity index (χ0n) is 19.0. The number of alkyl halides is 3. The number of phenols is 1. The van der Waals surface area contributed by atoms with Gasteiger partial charge in [0, 0.05) is 12.3 Å². The second-order valence-electron chi connectivity index (χ2n) is 9.80. The number of rotatable bonds is 2. The van der Waals surface area contributed by atoms with E-state index in [4.69, 9.17) is 5.73 Å². The number of halogens is 3. The van der Waals surface area contributed by atoms with E-state index in [1.165, 1.54) is 24.3 Å². The molecule has 0 aromatic heterocycles. The molecule has 2 fully saturated rings. The standard InChI is InChI=1S/C26H20F3NO7/c27-26(28,29)12-3-1-10(2-4-12)14-5-6-16(31)19-15(14)8-11-7-13-9-17(32)20(24(30)36)23(35)25(13,37)22(34)18(11)21(19)33/h1-6,11,13,18,20,31,37H,7-9H2,(H2,30,36)/t11-,13+,18?,20?,25+/m1/s1. The average molecular weight is 515 g/mol. The molecule has 0 bridgehead atoms. The van der Waals surface area contributed by atoms with Crippen LogP contribution >= 0.6 is 0 Å². The minimum atomic E-state index is -4.54. The number of carbonyl (C=O) groups is 5. The van der Waals surface area contributed by atoms with Crippen molar-refractivity contribution in [2.75, 3.05) is 0 Å². The van der Waals surface area contributed by atoms with Gasteiger partial charge < -0.3 is 15.9 Å². The van der Waals surface area contributed by atoms with Gasteiger partial charge in [0.1, 0.15) is 5.75 Å². The molecule has 2 saturated carbocycles. The van der Waals surface area contributed by atoms with Crippen LogP contribution in [0.2, 0.25) is 0 Å². The average Bonchev–Trinajstić information content (AvgIpc) is 2.81. The first-order valence-corrected chi connectivity index (χ1v) is 11.5. The van der Waals surface area contributed by atoms with Gasteiger partial charge in [-0.1, -0.05) is 18.2 Å². The molecule has 5 atom stereocenters. The summed E-state index contributed by atoms with van der Waals surface area (Å²) in [5.41, 5.74) is 2.37. The van der Waals surface area contributed by atoms with Crippen LogP contribution in [0.5, 0.6) is 5.75 Å². The van der Waals surface area contributed by atoms with Crippen molar-refractivity contribution < 1.29 is 47.4 Å². The molecule has 4 N–H and O–H groups in total. The van der Waals surface area contributed by atoms with Gasteiger partial charge in [0.2, 0.25) is 5.91 Å². The number of nitrogens with two attached hydrogens (primary N) is 1. The van der Waals surface area contributed by atoms with Crippen molar-refractivity contribution in [3.05, 3.63) is 53.1 Å². The lowest BCUT2D eigenvalue weighted by atomic mass is 9.53. The zero-order valence-corrected chi connectivity index (χ0v) is 19.0. The summed E-state index contributed by atoms with van der Waals surface area (Å²) in [6.45, 7) is 0. The number of carbonyl (C=O) groups excluding carboxylic acids is 5. The second kappa shape index (κ2) is 8.07. The van der Waals surface area contributed by atoms with E-state index < -0.39 is 82.2 Å². The Morgan fingerprint density at radius 1 is 0.973 bits per heavy atom. The van der Waals surface area contributed by atoms with Gasteiger partial charge in [-0.25, -0.2) is 0 Å². The molecule has 1 amide bonds. The maximum atomic E-state index is 13.5. The summed E-state index contributed by atoms with van der Waals surface area (Å²) in [6.07, 6.45) is -5.06. The van der Waals surface area contributed by atoms with Crippen LogP contribution in [0.1, 0.15) is 34.3 Å². The van der Waals surface area contributed by atoms with E-state index in [9.17, 15) is 47.4 Å². The topological polar surface area (TPSA) is 152 Å². The molecular formula is C26H20F3NO7. The summed E-state index contributed by atoms with van der Waals surface area (Å²) in [7, 11) is 0. The molecule has 37 heavy (non-hydrogen) atoms. The Labute approximate surface area is 207 Å². The summed E-state index contributed by atoms with van der Waals surface area (Å²) in [5.74, 6) is -11.3. The smallest absolute Gasteiger partial charge is 0.416 e. The van der Waals surface area contributed by atoms with Crippen molar-refractivity contribution in [1.82, 2.24) is 0 Å². The van der Waals surface area contributed by atoms with Crippen molar-refractivity contribution in [2.45, 2.75) is 31.0 Å². The van der Waals surface area contributed by atoms with E-state index in [0.717, 1.165) is 12.1 Å². The molecule has 0 radical (unpaired) electrons. The molecule has 2 unspecified atom stereocenters.